The van der Waals surface area contributed by atoms with Gasteiger partial charge in [0.25, 0.3) is 5.91 Å². The van der Waals surface area contributed by atoms with E-state index < -0.39 is 0 Å². The third-order valence-corrected chi connectivity index (χ3v) is 6.06. The van der Waals surface area contributed by atoms with Crippen molar-refractivity contribution in [1.29, 1.82) is 5.26 Å². The van der Waals surface area contributed by atoms with Gasteiger partial charge in [-0.3, -0.25) is 14.9 Å². The number of nitrogens with one attached hydrogen (secondary N) is 3. The van der Waals surface area contributed by atoms with Crippen LogP contribution in [0, 0.1) is 11.3 Å². The number of rotatable bonds is 9. The molecule has 3 N–H and O–H groups in total. The molecule has 3 heterocycles. The lowest BCUT2D eigenvalue weighted by Crippen LogP contribution is -2.23. The van der Waals surface area contributed by atoms with Crippen molar-refractivity contribution in [2.45, 2.75) is 6.54 Å². The largest absolute Gasteiger partial charge is 0.493 e. The summed E-state index contributed by atoms with van der Waals surface area (Å²) < 4.78 is 18.2. The predicted molar refractivity (Wildman–Crippen MR) is 144 cm³/mol. The predicted octanol–water partition coefficient (Wildman–Crippen LogP) is 4.30. The van der Waals surface area contributed by atoms with Crippen LogP contribution in [0.4, 0.5) is 11.5 Å². The second kappa shape index (κ2) is 10.9. The third-order valence-electron chi connectivity index (χ3n) is 6.06. The Morgan fingerprint density at radius 3 is 2.51 bits per heavy atom. The van der Waals surface area contributed by atoms with Crippen LogP contribution in [0.1, 0.15) is 21.6 Å². The first-order valence-corrected chi connectivity index (χ1v) is 11.9. The molecule has 3 aromatic heterocycles. The average molecular weight is 524 g/mol. The van der Waals surface area contributed by atoms with Gasteiger partial charge in [-0.2, -0.15) is 5.26 Å². The summed E-state index contributed by atoms with van der Waals surface area (Å²) in [6.45, 7) is 0.313. The number of anilines is 2. The summed E-state index contributed by atoms with van der Waals surface area (Å²) in [6, 6.07) is 18.6. The van der Waals surface area contributed by atoms with Crippen LogP contribution in [0.25, 0.3) is 16.9 Å². The van der Waals surface area contributed by atoms with Crippen molar-refractivity contribution in [3.05, 3.63) is 83.8 Å². The third kappa shape index (κ3) is 4.91. The van der Waals surface area contributed by atoms with Gasteiger partial charge in [0.05, 0.1) is 21.3 Å². The average Bonchev–Trinajstić information content (AvgIpc) is 3.55. The zero-order valence-electron chi connectivity index (χ0n) is 21.5. The maximum Gasteiger partial charge on any atom is 0.270 e. The quantitative estimate of drug-likeness (QED) is 0.260. The Bertz CT molecular complexity index is 1660. The monoisotopic (exact) mass is 523 g/mol. The summed E-state index contributed by atoms with van der Waals surface area (Å²) in [6.07, 6.45) is 3.17. The normalized spacial score (nSPS) is 10.6. The molecular weight excluding hydrogens is 498 g/mol. The fourth-order valence-electron chi connectivity index (χ4n) is 4.20. The summed E-state index contributed by atoms with van der Waals surface area (Å²) in [7, 11) is 4.63. The van der Waals surface area contributed by atoms with Crippen molar-refractivity contribution in [3.8, 4) is 34.6 Å². The van der Waals surface area contributed by atoms with Crippen molar-refractivity contribution in [3.63, 3.8) is 0 Å². The molecule has 0 atom stereocenters. The molecule has 196 valence electrons. The maximum absolute atomic E-state index is 12.4. The molecule has 0 unspecified atom stereocenters. The minimum absolute atomic E-state index is 0.258. The molecule has 11 heteroatoms. The molecule has 0 aliphatic heterocycles. The molecule has 5 rings (SSSR count). The number of ether oxygens (including phenoxy) is 3. The number of amides is 1. The number of nitrogens with zero attached hydrogens (tertiary/aromatic N) is 4. The van der Waals surface area contributed by atoms with E-state index in [0.717, 1.165) is 11.3 Å². The van der Waals surface area contributed by atoms with E-state index in [1.807, 2.05) is 24.3 Å². The Labute approximate surface area is 224 Å². The number of aromatic nitrogens is 4. The minimum Gasteiger partial charge on any atom is -0.493 e. The molecular formula is C28H25N7O4. The highest BCUT2D eigenvalue weighted by Crippen LogP contribution is 2.43. The van der Waals surface area contributed by atoms with Crippen LogP contribution in [-0.4, -0.2) is 46.8 Å². The number of H-pyrrole nitrogens is 1. The van der Waals surface area contributed by atoms with E-state index in [0.29, 0.717) is 57.8 Å². The minimum atomic E-state index is -0.258. The molecule has 0 fully saturated rings. The molecule has 0 radical (unpaired) electrons. The molecule has 5 aromatic rings. The number of benzene rings is 2. The Morgan fingerprint density at radius 2 is 1.85 bits per heavy atom. The van der Waals surface area contributed by atoms with E-state index >= 15 is 0 Å². The first-order valence-electron chi connectivity index (χ1n) is 11.9. The lowest BCUT2D eigenvalue weighted by atomic mass is 10.1. The number of nitriles is 1. The summed E-state index contributed by atoms with van der Waals surface area (Å²) >= 11 is 0. The number of hydrogen-bond donors (Lipinski definition) is 3. The Balaban J connectivity index is 1.50. The molecule has 1 amide bonds. The van der Waals surface area contributed by atoms with E-state index in [9.17, 15) is 10.1 Å². The number of pyridine rings is 1. The zero-order chi connectivity index (χ0) is 27.4. The highest BCUT2D eigenvalue weighted by atomic mass is 16.5. The number of imidazole rings is 1. The number of carbonyl (C=O) groups excluding carboxylic acids is 1. The highest BCUT2D eigenvalue weighted by molar-refractivity contribution is 5.92. The zero-order valence-corrected chi connectivity index (χ0v) is 21.5. The second-order valence-electron chi connectivity index (χ2n) is 8.40. The van der Waals surface area contributed by atoms with Crippen LogP contribution in [0.3, 0.4) is 0 Å². The van der Waals surface area contributed by atoms with Crippen LogP contribution in [0.15, 0.2) is 67.0 Å². The number of aromatic amines is 1. The second-order valence-corrected chi connectivity index (χ2v) is 8.40. The van der Waals surface area contributed by atoms with Crippen LogP contribution >= 0.6 is 0 Å². The number of fused-ring (bicyclic) bond motifs is 1. The molecule has 0 spiro atoms. The van der Waals surface area contributed by atoms with E-state index in [1.165, 1.54) is 7.11 Å². The summed E-state index contributed by atoms with van der Waals surface area (Å²) in [5.41, 5.74) is 4.08. The SMILES string of the molecule is COc1cc(-c2nc3c(C#N)c[nH]n3c2Nc2cccc(CNC(=O)c3ccccn3)c2)cc(OC)c1OC. The van der Waals surface area contributed by atoms with E-state index in [1.54, 1.807) is 61.5 Å². The molecule has 0 aliphatic rings. The van der Waals surface area contributed by atoms with Crippen molar-refractivity contribution < 1.29 is 19.0 Å². The van der Waals surface area contributed by atoms with Gasteiger partial charge < -0.3 is 24.8 Å². The van der Waals surface area contributed by atoms with E-state index in [2.05, 4.69) is 26.8 Å². The van der Waals surface area contributed by atoms with Crippen molar-refractivity contribution >= 4 is 23.1 Å². The van der Waals surface area contributed by atoms with Gasteiger partial charge in [0.15, 0.2) is 23.0 Å². The van der Waals surface area contributed by atoms with Gasteiger partial charge in [-0.05, 0) is 42.0 Å². The summed E-state index contributed by atoms with van der Waals surface area (Å²) in [5, 5.41) is 19.0. The van der Waals surface area contributed by atoms with Gasteiger partial charge in [-0.15, -0.1) is 0 Å². The Hall–Kier alpha value is -5.50. The molecule has 2 aromatic carbocycles. The fraction of sp³-hybridized carbons (Fsp3) is 0.143. The topological polar surface area (TPSA) is 139 Å². The Kier molecular flexibility index (Phi) is 7.00. The van der Waals surface area contributed by atoms with Crippen LogP contribution in [0.2, 0.25) is 0 Å². The van der Waals surface area contributed by atoms with Gasteiger partial charge in [-0.25, -0.2) is 9.50 Å². The van der Waals surface area contributed by atoms with Crippen LogP contribution in [0.5, 0.6) is 17.2 Å². The smallest absolute Gasteiger partial charge is 0.270 e. The molecule has 0 saturated heterocycles. The lowest BCUT2D eigenvalue weighted by molar-refractivity contribution is 0.0946. The van der Waals surface area contributed by atoms with Gasteiger partial charge in [0.1, 0.15) is 23.0 Å². The number of hydrogen-bond acceptors (Lipinski definition) is 8. The number of methoxy groups -OCH3 is 3. The van der Waals surface area contributed by atoms with Gasteiger partial charge in [-0.1, -0.05) is 18.2 Å². The maximum atomic E-state index is 12.4. The first kappa shape index (κ1) is 25.2. The van der Waals surface area contributed by atoms with Gasteiger partial charge in [0.2, 0.25) is 5.75 Å². The van der Waals surface area contributed by atoms with Gasteiger partial charge in [0, 0.05) is 30.2 Å². The standard InChI is InChI=1S/C28H25N7O4/c1-37-22-12-18(13-23(38-2)25(22)39-3)24-27(35-26(34-24)19(14-29)16-32-35)33-20-8-6-7-17(11-20)15-31-28(36)21-9-4-5-10-30-21/h4-13,16,32-33H,15H2,1-3H3,(H,31,36). The van der Waals surface area contributed by atoms with Crippen molar-refractivity contribution in [2.24, 2.45) is 0 Å². The van der Waals surface area contributed by atoms with E-state index in [-0.39, 0.29) is 5.91 Å². The van der Waals surface area contributed by atoms with Crippen molar-refractivity contribution in [2.75, 3.05) is 26.6 Å². The van der Waals surface area contributed by atoms with Gasteiger partial charge >= 0.3 is 0 Å². The lowest BCUT2D eigenvalue weighted by Gasteiger charge is -2.15. The molecule has 0 saturated carbocycles. The summed E-state index contributed by atoms with van der Waals surface area (Å²) in [4.78, 5) is 21.3. The Morgan fingerprint density at radius 1 is 1.05 bits per heavy atom. The van der Waals surface area contributed by atoms with Crippen LogP contribution < -0.4 is 24.8 Å². The molecule has 39 heavy (non-hydrogen) atoms. The molecule has 0 bridgehead atoms. The summed E-state index contributed by atoms with van der Waals surface area (Å²) in [5.74, 6) is 1.74. The fourth-order valence-corrected chi connectivity index (χ4v) is 4.20. The van der Waals surface area contributed by atoms with E-state index in [4.69, 9.17) is 19.2 Å². The molecule has 0 aliphatic carbocycles. The highest BCUT2D eigenvalue weighted by Gasteiger charge is 2.22. The van der Waals surface area contributed by atoms with Crippen LogP contribution in [-0.2, 0) is 6.54 Å². The van der Waals surface area contributed by atoms with Crippen molar-refractivity contribution in [1.82, 2.24) is 24.9 Å². The number of carbonyl (C=O) groups is 1. The molecule has 11 nitrogen and oxygen atoms in total. The first-order chi connectivity index (χ1) is 19.1.